The van der Waals surface area contributed by atoms with Crippen molar-refractivity contribution in [3.63, 3.8) is 0 Å². The van der Waals surface area contributed by atoms with Crippen LogP contribution in [0.2, 0.25) is 0 Å². The number of aliphatic hydroxyl groups excluding tert-OH is 8. The predicted octanol–water partition coefficient (Wildman–Crippen LogP) is 11.7. The first-order valence-corrected chi connectivity index (χ1v) is 32.0. The van der Waals surface area contributed by atoms with Gasteiger partial charge in [-0.1, -0.05) is 235 Å². The molecule has 2 rings (SSSR count). The molecule has 2 heterocycles. The number of amides is 1. The number of unbranched alkanes of at least 4 members (excludes halogenated alkanes) is 30. The Morgan fingerprint density at radius 2 is 0.848 bits per heavy atom. The van der Waals surface area contributed by atoms with Crippen LogP contribution in [0.5, 0.6) is 0 Å². The molecule has 14 nitrogen and oxygen atoms in total. The number of ether oxygens (including phenoxy) is 4. The first-order chi connectivity index (χ1) is 38.6. The Kier molecular flexibility index (Phi) is 46.3. The van der Waals surface area contributed by atoms with E-state index in [1.165, 1.54) is 154 Å². The molecule has 2 aliphatic rings. The smallest absolute Gasteiger partial charge is 0.220 e. The molecular formula is C65H117NO13. The van der Waals surface area contributed by atoms with E-state index in [0.29, 0.717) is 12.8 Å². The van der Waals surface area contributed by atoms with E-state index in [2.05, 4.69) is 67.8 Å². The maximum atomic E-state index is 13.3. The van der Waals surface area contributed by atoms with Crippen molar-refractivity contribution in [2.45, 2.75) is 325 Å². The van der Waals surface area contributed by atoms with E-state index in [9.17, 15) is 45.6 Å². The van der Waals surface area contributed by atoms with Crippen molar-refractivity contribution in [1.82, 2.24) is 5.32 Å². The Morgan fingerprint density at radius 3 is 1.35 bits per heavy atom. The van der Waals surface area contributed by atoms with Gasteiger partial charge < -0.3 is 65.1 Å². The molecule has 9 N–H and O–H groups in total. The van der Waals surface area contributed by atoms with Crippen molar-refractivity contribution in [3.05, 3.63) is 60.8 Å². The fraction of sp³-hybridized carbons (Fsp3) is 0.831. The predicted molar refractivity (Wildman–Crippen MR) is 318 cm³/mol. The lowest BCUT2D eigenvalue weighted by Gasteiger charge is -2.46. The fourth-order valence-electron chi connectivity index (χ4n) is 10.3. The van der Waals surface area contributed by atoms with E-state index in [-0.39, 0.29) is 18.9 Å². The summed E-state index contributed by atoms with van der Waals surface area (Å²) in [5, 5.41) is 87.2. The second-order valence-corrected chi connectivity index (χ2v) is 22.5. The standard InChI is InChI=1S/C65H117NO13/c1-3-5-7-9-11-13-15-17-19-21-23-24-25-26-27-28-29-31-32-34-36-38-40-42-44-46-48-54(69)53(66-57(70)49-47-45-43-41-39-37-35-33-30-22-20-18-16-14-12-10-8-6-4-2)52-76-64-62(75)60(73)63(56(51-68)78-64)79-65-61(74)59(72)58(71)55(50-67)77-65/h12,14,18,20,30,33,38,40,46,48,53-56,58-65,67-69,71-75H,3-11,13,15-17,19,21-29,31-32,34-37,39,41-45,47,49-52H2,1-2H3,(H,66,70)/b14-12-,20-18-,33-30-,40-38+,48-46+. The molecule has 0 spiro atoms. The van der Waals surface area contributed by atoms with Gasteiger partial charge in [-0.25, -0.2) is 0 Å². The largest absolute Gasteiger partial charge is 0.394 e. The molecule has 2 fully saturated rings. The van der Waals surface area contributed by atoms with Crippen molar-refractivity contribution in [3.8, 4) is 0 Å². The van der Waals surface area contributed by atoms with Gasteiger partial charge in [0.2, 0.25) is 5.91 Å². The van der Waals surface area contributed by atoms with Crippen LogP contribution in [0, 0.1) is 0 Å². The van der Waals surface area contributed by atoms with E-state index >= 15 is 0 Å². The van der Waals surface area contributed by atoms with Crippen LogP contribution >= 0.6 is 0 Å². The van der Waals surface area contributed by atoms with Gasteiger partial charge in [-0.05, 0) is 70.6 Å². The highest BCUT2D eigenvalue weighted by atomic mass is 16.7. The molecule has 0 radical (unpaired) electrons. The Morgan fingerprint density at radius 1 is 0.456 bits per heavy atom. The molecular weight excluding hydrogens is 1000 g/mol. The zero-order valence-electron chi connectivity index (χ0n) is 49.6. The van der Waals surface area contributed by atoms with Crippen LogP contribution in [-0.2, 0) is 23.7 Å². The highest BCUT2D eigenvalue weighted by molar-refractivity contribution is 5.76. The van der Waals surface area contributed by atoms with Crippen LogP contribution < -0.4 is 5.32 Å². The van der Waals surface area contributed by atoms with Gasteiger partial charge in [-0.2, -0.15) is 0 Å². The first kappa shape index (κ1) is 72.8. The molecule has 12 unspecified atom stereocenters. The molecule has 2 aliphatic heterocycles. The van der Waals surface area contributed by atoms with Crippen LogP contribution in [0.1, 0.15) is 251 Å². The van der Waals surface area contributed by atoms with Gasteiger partial charge in [-0.15, -0.1) is 0 Å². The van der Waals surface area contributed by atoms with Crippen LogP contribution in [0.15, 0.2) is 60.8 Å². The highest BCUT2D eigenvalue weighted by Gasteiger charge is 2.51. The lowest BCUT2D eigenvalue weighted by molar-refractivity contribution is -0.359. The first-order valence-electron chi connectivity index (χ1n) is 32.0. The van der Waals surface area contributed by atoms with Gasteiger partial charge in [0.1, 0.15) is 48.8 Å². The quantitative estimate of drug-likeness (QED) is 0.0204. The minimum atomic E-state index is -1.79. The maximum Gasteiger partial charge on any atom is 0.220 e. The summed E-state index contributed by atoms with van der Waals surface area (Å²) >= 11 is 0. The Balaban J connectivity index is 1.75. The maximum absolute atomic E-state index is 13.3. The van der Waals surface area contributed by atoms with Crippen molar-refractivity contribution in [2.75, 3.05) is 19.8 Å². The van der Waals surface area contributed by atoms with E-state index in [4.69, 9.17) is 18.9 Å². The third kappa shape index (κ3) is 35.4. The third-order valence-corrected chi connectivity index (χ3v) is 15.4. The van der Waals surface area contributed by atoms with Gasteiger partial charge in [0.15, 0.2) is 12.6 Å². The van der Waals surface area contributed by atoms with Crippen molar-refractivity contribution < 1.29 is 64.6 Å². The van der Waals surface area contributed by atoms with Crippen LogP contribution in [-0.4, -0.2) is 140 Å². The molecule has 0 aromatic carbocycles. The van der Waals surface area contributed by atoms with Gasteiger partial charge in [-0.3, -0.25) is 4.79 Å². The zero-order valence-corrected chi connectivity index (χ0v) is 49.6. The number of rotatable bonds is 51. The molecule has 79 heavy (non-hydrogen) atoms. The number of hydrogen-bond acceptors (Lipinski definition) is 13. The van der Waals surface area contributed by atoms with Crippen molar-refractivity contribution >= 4 is 5.91 Å². The highest BCUT2D eigenvalue weighted by Crippen LogP contribution is 2.30. The summed E-state index contributed by atoms with van der Waals surface area (Å²) in [7, 11) is 0. The molecule has 0 saturated carbocycles. The minimum absolute atomic E-state index is 0.257. The number of aliphatic hydroxyl groups is 8. The van der Waals surface area contributed by atoms with E-state index in [0.717, 1.165) is 64.2 Å². The lowest BCUT2D eigenvalue weighted by Crippen LogP contribution is -2.65. The normalized spacial score (nSPS) is 24.8. The second kappa shape index (κ2) is 50.2. The number of nitrogens with one attached hydrogen (secondary N) is 1. The number of carbonyl (C=O) groups is 1. The number of allylic oxidation sites excluding steroid dienone is 9. The van der Waals surface area contributed by atoms with Crippen LogP contribution in [0.25, 0.3) is 0 Å². The van der Waals surface area contributed by atoms with Gasteiger partial charge in [0.05, 0.1) is 32.0 Å². The third-order valence-electron chi connectivity index (χ3n) is 15.4. The fourth-order valence-corrected chi connectivity index (χ4v) is 10.3. The van der Waals surface area contributed by atoms with E-state index in [1.54, 1.807) is 6.08 Å². The molecule has 14 heteroatoms. The van der Waals surface area contributed by atoms with Gasteiger partial charge in [0, 0.05) is 6.42 Å². The molecule has 460 valence electrons. The zero-order chi connectivity index (χ0) is 57.4. The van der Waals surface area contributed by atoms with Crippen molar-refractivity contribution in [2.24, 2.45) is 0 Å². The van der Waals surface area contributed by atoms with Gasteiger partial charge >= 0.3 is 0 Å². The topological polar surface area (TPSA) is 228 Å². The summed E-state index contributed by atoms with van der Waals surface area (Å²) < 4.78 is 22.8. The average molecular weight is 1120 g/mol. The Hall–Kier alpha value is -2.31. The SMILES string of the molecule is CCCCC/C=C\C/C=C\C/C=C\CCCCCCCCC(=O)NC(COC1OC(CO)C(OC2OC(CO)C(O)C(O)C2O)C(O)C1O)C(O)/C=C/CC/C=C/CCCCCCCCCCCCCCCCCCCCCC. The number of carbonyl (C=O) groups excluding carboxylic acids is 1. The Bertz CT molecular complexity index is 1560. The lowest BCUT2D eigenvalue weighted by atomic mass is 9.97. The molecule has 0 aromatic rings. The second-order valence-electron chi connectivity index (χ2n) is 22.5. The summed E-state index contributed by atoms with van der Waals surface area (Å²) in [6.07, 6.45) is 48.4. The molecule has 0 aliphatic carbocycles. The summed E-state index contributed by atoms with van der Waals surface area (Å²) in [5.74, 6) is -0.262. The van der Waals surface area contributed by atoms with Crippen LogP contribution in [0.4, 0.5) is 0 Å². The summed E-state index contributed by atoms with van der Waals surface area (Å²) in [6.45, 7) is 2.76. The number of hydrogen-bond donors (Lipinski definition) is 9. The monoisotopic (exact) mass is 1120 g/mol. The van der Waals surface area contributed by atoms with E-state index < -0.39 is 86.8 Å². The summed E-state index contributed by atoms with van der Waals surface area (Å²) in [5.41, 5.74) is 0. The average Bonchev–Trinajstić information content (AvgIpc) is 3.47. The molecule has 2 saturated heterocycles. The molecule has 0 bridgehead atoms. The van der Waals surface area contributed by atoms with E-state index in [1.807, 2.05) is 6.08 Å². The van der Waals surface area contributed by atoms with Crippen LogP contribution in [0.3, 0.4) is 0 Å². The molecule has 0 aromatic heterocycles. The summed E-state index contributed by atoms with van der Waals surface area (Å²) in [6, 6.07) is -0.942. The Labute approximate surface area is 479 Å². The molecule has 1 amide bonds. The van der Waals surface area contributed by atoms with Gasteiger partial charge in [0.25, 0.3) is 0 Å². The summed E-state index contributed by atoms with van der Waals surface area (Å²) in [4.78, 5) is 13.3. The molecule has 12 atom stereocenters. The van der Waals surface area contributed by atoms with Crippen molar-refractivity contribution in [1.29, 1.82) is 0 Å². The minimum Gasteiger partial charge on any atom is -0.394 e.